The lowest BCUT2D eigenvalue weighted by Gasteiger charge is -2.17. The minimum absolute atomic E-state index is 0. The molecule has 0 bridgehead atoms. The number of amides is 1. The molecule has 0 saturated heterocycles. The van der Waals surface area contributed by atoms with Crippen LogP contribution in [0.25, 0.3) is 0 Å². The Morgan fingerprint density at radius 3 is 2.39 bits per heavy atom. The smallest absolute Gasteiger partial charge is 0.224 e. The quantitative estimate of drug-likeness (QED) is 0.196. The summed E-state index contributed by atoms with van der Waals surface area (Å²) >= 11 is 0. The molecule has 0 spiro atoms. The maximum absolute atomic E-state index is 12.9. The van der Waals surface area contributed by atoms with Gasteiger partial charge in [0.15, 0.2) is 5.96 Å². The van der Waals surface area contributed by atoms with Crippen molar-refractivity contribution in [1.82, 2.24) is 16.0 Å². The number of halogens is 2. The van der Waals surface area contributed by atoms with Crippen molar-refractivity contribution < 1.29 is 13.9 Å². The van der Waals surface area contributed by atoms with Crippen LogP contribution in [0, 0.1) is 12.7 Å². The van der Waals surface area contributed by atoms with Gasteiger partial charge in [0.2, 0.25) is 5.91 Å². The third-order valence-electron chi connectivity index (χ3n) is 4.27. The third-order valence-corrected chi connectivity index (χ3v) is 4.27. The van der Waals surface area contributed by atoms with Gasteiger partial charge in [0.1, 0.15) is 11.6 Å². The summed E-state index contributed by atoms with van der Waals surface area (Å²) in [6, 6.07) is 12.1. The molecule has 0 radical (unpaired) electrons. The summed E-state index contributed by atoms with van der Waals surface area (Å²) in [6.07, 6.45) is 0.320. The summed E-state index contributed by atoms with van der Waals surface area (Å²) in [5.74, 6) is 1.08. The summed E-state index contributed by atoms with van der Waals surface area (Å²) in [5.41, 5.74) is 2.97. The van der Waals surface area contributed by atoms with E-state index in [-0.39, 0.29) is 48.2 Å². The highest BCUT2D eigenvalue weighted by Gasteiger charge is 2.08. The van der Waals surface area contributed by atoms with Gasteiger partial charge < -0.3 is 20.7 Å². The lowest BCUT2D eigenvalue weighted by atomic mass is 10.1. The lowest BCUT2D eigenvalue weighted by Crippen LogP contribution is -2.41. The average Bonchev–Trinajstić information content (AvgIpc) is 2.70. The number of hydrogen-bond donors (Lipinski definition) is 3. The molecule has 0 heterocycles. The van der Waals surface area contributed by atoms with Gasteiger partial charge in [-0.25, -0.2) is 4.39 Å². The Kier molecular flexibility index (Phi) is 11.9. The van der Waals surface area contributed by atoms with E-state index in [9.17, 15) is 9.18 Å². The fourth-order valence-corrected chi connectivity index (χ4v) is 2.80. The second kappa shape index (κ2) is 13.8. The highest BCUT2D eigenvalue weighted by Crippen LogP contribution is 2.21. The van der Waals surface area contributed by atoms with Crippen molar-refractivity contribution in [2.45, 2.75) is 39.8 Å². The summed E-state index contributed by atoms with van der Waals surface area (Å²) < 4.78 is 18.8. The van der Waals surface area contributed by atoms with E-state index in [2.05, 4.69) is 27.0 Å². The molecule has 0 unspecified atom stereocenters. The number of rotatable bonds is 9. The van der Waals surface area contributed by atoms with E-state index < -0.39 is 0 Å². The van der Waals surface area contributed by atoms with Crippen LogP contribution in [-0.2, 0) is 17.8 Å². The van der Waals surface area contributed by atoms with Crippen LogP contribution in [0.15, 0.2) is 47.5 Å². The number of ether oxygens (including phenoxy) is 1. The van der Waals surface area contributed by atoms with E-state index in [1.165, 1.54) is 12.1 Å². The highest BCUT2D eigenvalue weighted by molar-refractivity contribution is 14.0. The minimum Gasteiger partial charge on any atom is -0.491 e. The summed E-state index contributed by atoms with van der Waals surface area (Å²) in [7, 11) is 1.70. The summed E-state index contributed by atoms with van der Waals surface area (Å²) in [5, 5.41) is 9.27. The van der Waals surface area contributed by atoms with Crippen LogP contribution >= 0.6 is 24.0 Å². The van der Waals surface area contributed by atoms with Gasteiger partial charge in [-0.2, -0.15) is 0 Å². The molecule has 0 aliphatic carbocycles. The van der Waals surface area contributed by atoms with E-state index in [0.717, 1.165) is 22.4 Å². The zero-order valence-corrected chi connectivity index (χ0v) is 20.8. The zero-order valence-electron chi connectivity index (χ0n) is 18.5. The maximum atomic E-state index is 12.9. The predicted octanol–water partition coefficient (Wildman–Crippen LogP) is 3.56. The molecule has 0 saturated carbocycles. The topological polar surface area (TPSA) is 74.8 Å². The van der Waals surface area contributed by atoms with Crippen LogP contribution in [0.4, 0.5) is 4.39 Å². The Morgan fingerprint density at radius 1 is 1.06 bits per heavy atom. The lowest BCUT2D eigenvalue weighted by molar-refractivity contribution is -0.120. The first-order valence-corrected chi connectivity index (χ1v) is 10.1. The van der Waals surface area contributed by atoms with Crippen LogP contribution in [0.5, 0.6) is 5.75 Å². The normalized spacial score (nSPS) is 11.0. The van der Waals surface area contributed by atoms with Crippen molar-refractivity contribution in [3.05, 3.63) is 65.0 Å². The fourth-order valence-electron chi connectivity index (χ4n) is 2.80. The fraction of sp³-hybridized carbons (Fsp3) is 0.391. The third kappa shape index (κ3) is 9.99. The van der Waals surface area contributed by atoms with Crippen LogP contribution in [0.2, 0.25) is 0 Å². The first-order chi connectivity index (χ1) is 14.4. The van der Waals surface area contributed by atoms with Crippen molar-refractivity contribution >= 4 is 35.8 Å². The molecule has 0 aliphatic rings. The minimum atomic E-state index is -0.309. The van der Waals surface area contributed by atoms with E-state index in [0.29, 0.717) is 25.6 Å². The largest absolute Gasteiger partial charge is 0.491 e. The van der Waals surface area contributed by atoms with Crippen molar-refractivity contribution in [1.29, 1.82) is 0 Å². The van der Waals surface area contributed by atoms with Gasteiger partial charge in [-0.1, -0.05) is 24.3 Å². The Bertz CT molecular complexity index is 857. The van der Waals surface area contributed by atoms with Crippen molar-refractivity contribution in [2.24, 2.45) is 4.99 Å². The number of nitrogens with zero attached hydrogens (tertiary/aromatic N) is 1. The SMILES string of the molecule is CN=C(NCCNC(=O)Cc1ccc(F)cc1)NCc1ccc(C)cc1OC(C)C.I. The molecule has 6 nitrogen and oxygen atoms in total. The van der Waals surface area contributed by atoms with Crippen molar-refractivity contribution in [2.75, 3.05) is 20.1 Å². The van der Waals surface area contributed by atoms with Crippen LogP contribution in [0.3, 0.4) is 0 Å². The van der Waals surface area contributed by atoms with Crippen LogP contribution < -0.4 is 20.7 Å². The number of carbonyl (C=O) groups excluding carboxylic acids is 1. The Hall–Kier alpha value is -2.36. The van der Waals surface area contributed by atoms with Gasteiger partial charge in [0.25, 0.3) is 0 Å². The second-order valence-electron chi connectivity index (χ2n) is 7.28. The molecule has 2 aromatic carbocycles. The first-order valence-electron chi connectivity index (χ1n) is 10.1. The Balaban J connectivity index is 0.00000480. The van der Waals surface area contributed by atoms with E-state index in [4.69, 9.17) is 4.74 Å². The Morgan fingerprint density at radius 2 is 1.74 bits per heavy atom. The Labute approximate surface area is 201 Å². The molecule has 3 N–H and O–H groups in total. The van der Waals surface area contributed by atoms with E-state index in [1.807, 2.05) is 32.9 Å². The zero-order chi connectivity index (χ0) is 21.9. The molecule has 1 amide bonds. The van der Waals surface area contributed by atoms with Crippen LogP contribution in [-0.4, -0.2) is 38.1 Å². The molecule has 0 fully saturated rings. The average molecular weight is 542 g/mol. The van der Waals surface area contributed by atoms with Gasteiger partial charge in [0.05, 0.1) is 12.5 Å². The molecular formula is C23H32FIN4O2. The number of aliphatic imine (C=N–C) groups is 1. The van der Waals surface area contributed by atoms with Gasteiger partial charge in [-0.15, -0.1) is 24.0 Å². The number of nitrogens with one attached hydrogen (secondary N) is 3. The molecule has 8 heteroatoms. The number of aryl methyl sites for hydroxylation is 1. The molecular weight excluding hydrogens is 510 g/mol. The molecule has 0 aliphatic heterocycles. The molecule has 0 atom stereocenters. The molecule has 0 aromatic heterocycles. The van der Waals surface area contributed by atoms with Gasteiger partial charge in [0, 0.05) is 32.2 Å². The second-order valence-corrected chi connectivity index (χ2v) is 7.28. The van der Waals surface area contributed by atoms with Gasteiger partial charge >= 0.3 is 0 Å². The molecule has 2 aromatic rings. The number of hydrogen-bond acceptors (Lipinski definition) is 3. The number of benzene rings is 2. The van der Waals surface area contributed by atoms with Gasteiger partial charge in [-0.05, 0) is 50.1 Å². The van der Waals surface area contributed by atoms with Crippen molar-refractivity contribution in [3.8, 4) is 5.75 Å². The number of carbonyl (C=O) groups is 1. The standard InChI is InChI=1S/C23H31FN4O2.HI/c1-16(2)30-21-13-17(3)5-8-19(21)15-28-23(25-4)27-12-11-26-22(29)14-18-6-9-20(24)10-7-18;/h5-10,13,16H,11-12,14-15H2,1-4H3,(H,26,29)(H2,25,27,28);1H. The highest BCUT2D eigenvalue weighted by atomic mass is 127. The summed E-state index contributed by atoms with van der Waals surface area (Å²) in [4.78, 5) is 16.2. The maximum Gasteiger partial charge on any atom is 0.224 e. The van der Waals surface area contributed by atoms with Crippen LogP contribution in [0.1, 0.15) is 30.5 Å². The predicted molar refractivity (Wildman–Crippen MR) is 134 cm³/mol. The molecule has 31 heavy (non-hydrogen) atoms. The van der Waals surface area contributed by atoms with E-state index in [1.54, 1.807) is 19.2 Å². The van der Waals surface area contributed by atoms with Crippen molar-refractivity contribution in [3.63, 3.8) is 0 Å². The summed E-state index contributed by atoms with van der Waals surface area (Å²) in [6.45, 7) is 7.59. The molecule has 170 valence electrons. The van der Waals surface area contributed by atoms with Gasteiger partial charge in [-0.3, -0.25) is 9.79 Å². The monoisotopic (exact) mass is 542 g/mol. The molecule has 2 rings (SSSR count). The number of guanidine groups is 1. The van der Waals surface area contributed by atoms with E-state index >= 15 is 0 Å². The first kappa shape index (κ1) is 26.7.